The van der Waals surface area contributed by atoms with Crippen molar-refractivity contribution in [2.75, 3.05) is 26.2 Å². The quantitative estimate of drug-likeness (QED) is 0.413. The van der Waals surface area contributed by atoms with Gasteiger partial charge in [-0.2, -0.15) is 0 Å². The summed E-state index contributed by atoms with van der Waals surface area (Å²) in [4.78, 5) is 22.0. The molecule has 2 fully saturated rings. The van der Waals surface area contributed by atoms with E-state index in [0.29, 0.717) is 11.6 Å². The van der Waals surface area contributed by atoms with Gasteiger partial charge in [0.15, 0.2) is 0 Å². The van der Waals surface area contributed by atoms with Gasteiger partial charge in [-0.1, -0.05) is 12.1 Å². The number of nitrogens with two attached hydrogens (primary N) is 1. The molecule has 1 aromatic rings. The van der Waals surface area contributed by atoms with Crippen LogP contribution in [-0.2, 0) is 0 Å². The van der Waals surface area contributed by atoms with E-state index in [1.165, 1.54) is 0 Å². The summed E-state index contributed by atoms with van der Waals surface area (Å²) in [6.07, 6.45) is 3.87. The Kier molecular flexibility index (Phi) is 7.10. The maximum Gasteiger partial charge on any atom is 0.253 e. The Bertz CT molecular complexity index is 875. The van der Waals surface area contributed by atoms with Crippen LogP contribution in [0.15, 0.2) is 35.3 Å². The number of fused-ring (bicyclic) bond motifs is 1. The summed E-state index contributed by atoms with van der Waals surface area (Å²) in [5, 5.41) is 7.01. The molecule has 1 aromatic carbocycles. The highest BCUT2D eigenvalue weighted by atomic mass is 16.2. The summed E-state index contributed by atoms with van der Waals surface area (Å²) in [6, 6.07) is 8.37. The summed E-state index contributed by atoms with van der Waals surface area (Å²) >= 11 is 0. The van der Waals surface area contributed by atoms with Crippen molar-refractivity contribution in [2.24, 2.45) is 10.7 Å². The zero-order valence-electron chi connectivity index (χ0n) is 19.3. The first-order valence-electron chi connectivity index (χ1n) is 11.6. The van der Waals surface area contributed by atoms with Gasteiger partial charge in [-0.25, -0.2) is 10.4 Å². The van der Waals surface area contributed by atoms with Crippen LogP contribution in [0.4, 0.5) is 0 Å². The molecule has 0 bridgehead atoms. The lowest BCUT2D eigenvalue weighted by Crippen LogP contribution is -2.51. The van der Waals surface area contributed by atoms with Crippen molar-refractivity contribution in [2.45, 2.75) is 58.0 Å². The predicted molar refractivity (Wildman–Crippen MR) is 127 cm³/mol. The number of nitrogens with one attached hydrogen (secondary N) is 4. The highest BCUT2D eigenvalue weighted by Gasteiger charge is 2.31. The number of aliphatic imine (C=N–C) groups is 1. The average molecular weight is 441 g/mol. The Morgan fingerprint density at radius 3 is 2.72 bits per heavy atom. The summed E-state index contributed by atoms with van der Waals surface area (Å²) in [5.74, 6) is 0.895. The van der Waals surface area contributed by atoms with Crippen LogP contribution in [-0.4, -0.2) is 72.3 Å². The highest BCUT2D eigenvalue weighted by molar-refractivity contribution is 5.97. The van der Waals surface area contributed by atoms with Crippen LogP contribution in [0.1, 0.15) is 49.5 Å². The molecule has 9 heteroatoms. The van der Waals surface area contributed by atoms with E-state index in [4.69, 9.17) is 10.7 Å². The van der Waals surface area contributed by atoms with Crippen LogP contribution in [0.25, 0.3) is 5.70 Å². The van der Waals surface area contributed by atoms with Gasteiger partial charge in [0.1, 0.15) is 12.3 Å². The van der Waals surface area contributed by atoms with Crippen LogP contribution in [0, 0.1) is 0 Å². The Hall–Kier alpha value is -2.46. The van der Waals surface area contributed by atoms with Crippen molar-refractivity contribution < 1.29 is 4.79 Å². The van der Waals surface area contributed by atoms with Gasteiger partial charge in [0.25, 0.3) is 5.91 Å². The summed E-state index contributed by atoms with van der Waals surface area (Å²) < 4.78 is 0. The smallest absolute Gasteiger partial charge is 0.253 e. The number of hydrazine groups is 1. The number of amides is 1. The number of likely N-dealkylation sites (tertiary alicyclic amines) is 1. The van der Waals surface area contributed by atoms with E-state index in [2.05, 4.69) is 46.3 Å². The highest BCUT2D eigenvalue weighted by Crippen LogP contribution is 2.22. The Morgan fingerprint density at radius 2 is 1.97 bits per heavy atom. The number of rotatable bonds is 6. The fourth-order valence-electron chi connectivity index (χ4n) is 4.24. The Balaban J connectivity index is 1.52. The van der Waals surface area contributed by atoms with E-state index >= 15 is 0 Å². The molecule has 0 saturated carbocycles. The molecule has 9 nitrogen and oxygen atoms in total. The van der Waals surface area contributed by atoms with Crippen LogP contribution in [0.5, 0.6) is 0 Å². The van der Waals surface area contributed by atoms with Crippen molar-refractivity contribution in [3.63, 3.8) is 0 Å². The first-order valence-corrected chi connectivity index (χ1v) is 11.6. The first kappa shape index (κ1) is 22.7. The van der Waals surface area contributed by atoms with Crippen LogP contribution >= 0.6 is 0 Å². The fraction of sp³-hybridized carbons (Fsp3) is 0.565. The summed E-state index contributed by atoms with van der Waals surface area (Å²) in [6.45, 7) is 9.41. The van der Waals surface area contributed by atoms with Crippen LogP contribution < -0.4 is 27.2 Å². The largest absolute Gasteiger partial charge is 0.339 e. The minimum atomic E-state index is -0.0983. The molecular weight excluding hydrogens is 404 g/mol. The van der Waals surface area contributed by atoms with E-state index in [9.17, 15) is 4.79 Å². The zero-order chi connectivity index (χ0) is 22.7. The summed E-state index contributed by atoms with van der Waals surface area (Å²) in [7, 11) is 0. The molecule has 6 N–H and O–H groups in total. The third kappa shape index (κ3) is 5.29. The van der Waals surface area contributed by atoms with Gasteiger partial charge in [0.2, 0.25) is 5.96 Å². The molecule has 0 aromatic heterocycles. The molecule has 174 valence electrons. The van der Waals surface area contributed by atoms with E-state index in [-0.39, 0.29) is 24.3 Å². The maximum absolute atomic E-state index is 13.0. The van der Waals surface area contributed by atoms with Crippen molar-refractivity contribution >= 4 is 17.6 Å². The molecule has 1 amide bonds. The molecule has 0 spiro atoms. The van der Waals surface area contributed by atoms with Gasteiger partial charge in [0.05, 0.1) is 0 Å². The van der Waals surface area contributed by atoms with Gasteiger partial charge < -0.3 is 20.9 Å². The number of carbonyl (C=O) groups excluding carboxylic acids is 1. The van der Waals surface area contributed by atoms with Crippen LogP contribution in [0.2, 0.25) is 0 Å². The minimum absolute atomic E-state index is 0.0715. The standard InChI is InChI=1S/C23H36N8O/c1-15(2)28-29-16(3)26-23-27-20(14-21-25-9-12-31(21)23)17-5-4-6-18(13-17)22(32)30-10-7-19(24)8-11-30/h4-6,13-16,19,21,25,28-29H,7-12,24H2,1-3H3,(H,26,27). The van der Waals surface area contributed by atoms with Crippen LogP contribution in [0.3, 0.4) is 0 Å². The third-order valence-electron chi connectivity index (χ3n) is 6.03. The molecule has 3 heterocycles. The van der Waals surface area contributed by atoms with Crippen molar-refractivity contribution in [1.29, 1.82) is 0 Å². The van der Waals surface area contributed by atoms with E-state index in [1.807, 2.05) is 36.1 Å². The van der Waals surface area contributed by atoms with Crippen molar-refractivity contribution in [3.8, 4) is 0 Å². The molecule has 3 aliphatic rings. The average Bonchev–Trinajstić information content (AvgIpc) is 3.27. The molecule has 0 aliphatic carbocycles. The fourth-order valence-corrected chi connectivity index (χ4v) is 4.24. The summed E-state index contributed by atoms with van der Waals surface area (Å²) in [5.41, 5.74) is 15.1. The second kappa shape index (κ2) is 9.99. The lowest BCUT2D eigenvalue weighted by atomic mass is 10.0. The number of hydrogen-bond acceptors (Lipinski definition) is 6. The zero-order valence-corrected chi connectivity index (χ0v) is 19.3. The topological polar surface area (TPSA) is 110 Å². The van der Waals surface area contributed by atoms with Gasteiger partial charge in [-0.15, -0.1) is 0 Å². The predicted octanol–water partition coefficient (Wildman–Crippen LogP) is 0.630. The molecule has 2 saturated heterocycles. The lowest BCUT2D eigenvalue weighted by molar-refractivity contribution is 0.0714. The SMILES string of the molecule is CC(C)NNC(C)/N=C1\NC(c2cccc(C(=O)N3CCC(N)CC3)c2)=CC2NCCN12. The number of carbonyl (C=O) groups is 1. The third-order valence-corrected chi connectivity index (χ3v) is 6.03. The number of benzene rings is 1. The molecule has 32 heavy (non-hydrogen) atoms. The van der Waals surface area contributed by atoms with Gasteiger partial charge in [-0.3, -0.25) is 15.5 Å². The number of nitrogens with zero attached hydrogens (tertiary/aromatic N) is 3. The second-order valence-corrected chi connectivity index (χ2v) is 9.08. The number of piperidine rings is 1. The first-order chi connectivity index (χ1) is 15.4. The molecule has 2 unspecified atom stereocenters. The van der Waals surface area contributed by atoms with E-state index in [1.54, 1.807) is 0 Å². The number of guanidine groups is 1. The van der Waals surface area contributed by atoms with E-state index < -0.39 is 0 Å². The minimum Gasteiger partial charge on any atom is -0.339 e. The molecule has 4 rings (SSSR count). The van der Waals surface area contributed by atoms with Gasteiger partial charge in [-0.05, 0) is 57.4 Å². The Morgan fingerprint density at radius 1 is 1.19 bits per heavy atom. The molecule has 0 radical (unpaired) electrons. The molecule has 3 aliphatic heterocycles. The molecular formula is C23H36N8O. The Labute approximate surface area is 190 Å². The molecule has 2 atom stereocenters. The van der Waals surface area contributed by atoms with Gasteiger partial charge in [0, 0.05) is 49.5 Å². The maximum atomic E-state index is 13.0. The van der Waals surface area contributed by atoms with Gasteiger partial charge >= 0.3 is 0 Å². The lowest BCUT2D eigenvalue weighted by Gasteiger charge is -2.33. The van der Waals surface area contributed by atoms with Crippen molar-refractivity contribution in [1.82, 2.24) is 31.3 Å². The van der Waals surface area contributed by atoms with E-state index in [0.717, 1.165) is 56.2 Å². The monoisotopic (exact) mass is 440 g/mol. The number of hydrogen-bond donors (Lipinski definition) is 5. The normalized spacial score (nSPS) is 23.8. The van der Waals surface area contributed by atoms with Crippen molar-refractivity contribution in [3.05, 3.63) is 41.5 Å². The second-order valence-electron chi connectivity index (χ2n) is 9.08.